The van der Waals surface area contributed by atoms with Gasteiger partial charge in [-0.3, -0.25) is 19.9 Å². The molecule has 0 radical (unpaired) electrons. The van der Waals surface area contributed by atoms with Crippen molar-refractivity contribution in [2.45, 2.75) is 17.3 Å². The fraction of sp³-hybridized carbons (Fsp3) is 0.100. The highest BCUT2D eigenvalue weighted by molar-refractivity contribution is 6.18. The molecule has 1 aliphatic rings. The van der Waals surface area contributed by atoms with Crippen molar-refractivity contribution in [2.75, 3.05) is 16.0 Å². The molecule has 2 aromatic heterocycles. The van der Waals surface area contributed by atoms with Gasteiger partial charge in [0.05, 0.1) is 28.2 Å². The van der Waals surface area contributed by atoms with Gasteiger partial charge in [-0.05, 0) is 41.3 Å². The van der Waals surface area contributed by atoms with Crippen molar-refractivity contribution in [1.82, 2.24) is 15.0 Å². The molecule has 2 amide bonds. The molecule has 3 aromatic carbocycles. The number of amides is 2. The van der Waals surface area contributed by atoms with Crippen molar-refractivity contribution < 1.29 is 32.7 Å². The van der Waals surface area contributed by atoms with Gasteiger partial charge < -0.3 is 26.5 Å². The summed E-state index contributed by atoms with van der Waals surface area (Å²) in [5, 5.41) is 19.6. The number of aromatic carboxylic acids is 1. The number of primary amides is 1. The maximum Gasteiger partial charge on any atom is 0.416 e. The molecule has 11 nitrogen and oxygen atoms in total. The highest BCUT2D eigenvalue weighted by Crippen LogP contribution is 2.52. The largest absolute Gasteiger partial charge is 0.478 e. The Labute approximate surface area is 246 Å². The van der Waals surface area contributed by atoms with Crippen LogP contribution in [-0.4, -0.2) is 37.8 Å². The summed E-state index contributed by atoms with van der Waals surface area (Å²) in [4.78, 5) is 51.5. The number of H-pyrrole nitrogens is 1. The maximum atomic E-state index is 14.5. The molecule has 0 saturated heterocycles. The van der Waals surface area contributed by atoms with Gasteiger partial charge in [-0.25, -0.2) is 9.78 Å². The SMILES string of the molecule is NC(=O)C(C(=O)Nc1ncc[nH]1)(c1cccc(C(F)(F)F)c1)C1(c2cc3ccccc3cn2)Nc2ccc(C(=O)O)cc2N1. The molecule has 3 heterocycles. The number of imidazole rings is 1. The third-order valence-corrected chi connectivity index (χ3v) is 7.55. The van der Waals surface area contributed by atoms with Crippen LogP contribution in [-0.2, 0) is 26.8 Å². The maximum absolute atomic E-state index is 14.5. The molecule has 2 atom stereocenters. The number of hydrogen-bond donors (Lipinski definition) is 6. The number of alkyl halides is 3. The van der Waals surface area contributed by atoms with Crippen molar-refractivity contribution in [3.63, 3.8) is 0 Å². The zero-order valence-corrected chi connectivity index (χ0v) is 22.4. The number of aromatic amines is 1. The number of fused-ring (bicyclic) bond motifs is 2. The number of carbonyl (C=O) groups is 3. The van der Waals surface area contributed by atoms with Gasteiger partial charge in [0.25, 0.3) is 5.91 Å². The van der Waals surface area contributed by atoms with Gasteiger partial charge in [-0.2, -0.15) is 13.2 Å². The molecular weight excluding hydrogens is 579 g/mol. The van der Waals surface area contributed by atoms with E-state index in [1.807, 2.05) is 0 Å². The van der Waals surface area contributed by atoms with Gasteiger partial charge in [-0.15, -0.1) is 0 Å². The first-order valence-electron chi connectivity index (χ1n) is 13.0. The summed E-state index contributed by atoms with van der Waals surface area (Å²) in [5.74, 6) is -3.87. The number of pyridine rings is 1. The van der Waals surface area contributed by atoms with Gasteiger partial charge in [0.15, 0.2) is 11.1 Å². The molecule has 2 unspecified atom stereocenters. The van der Waals surface area contributed by atoms with Crippen LogP contribution in [0, 0.1) is 0 Å². The van der Waals surface area contributed by atoms with E-state index in [4.69, 9.17) is 5.73 Å². The molecule has 14 heteroatoms. The predicted octanol–water partition coefficient (Wildman–Crippen LogP) is 4.43. The van der Waals surface area contributed by atoms with Crippen LogP contribution in [0.1, 0.15) is 27.2 Å². The smallest absolute Gasteiger partial charge is 0.416 e. The first-order valence-corrected chi connectivity index (χ1v) is 13.0. The minimum absolute atomic E-state index is 0.00455. The third-order valence-electron chi connectivity index (χ3n) is 7.55. The van der Waals surface area contributed by atoms with Crippen molar-refractivity contribution in [2.24, 2.45) is 5.73 Å². The average molecular weight is 602 g/mol. The molecule has 222 valence electrons. The zero-order chi connectivity index (χ0) is 31.3. The highest BCUT2D eigenvalue weighted by Gasteiger charge is 2.66. The first kappa shape index (κ1) is 28.2. The molecule has 1 aliphatic heterocycles. The molecule has 0 saturated carbocycles. The summed E-state index contributed by atoms with van der Waals surface area (Å²) in [6.07, 6.45) is -0.658. The third kappa shape index (κ3) is 4.35. The number of aromatic nitrogens is 3. The Morgan fingerprint density at radius 3 is 2.27 bits per heavy atom. The van der Waals surface area contributed by atoms with Crippen LogP contribution >= 0.6 is 0 Å². The summed E-state index contributed by atoms with van der Waals surface area (Å²) in [6.45, 7) is 0. The molecule has 6 rings (SSSR count). The Hall–Kier alpha value is -5.92. The Kier molecular flexibility index (Phi) is 6.49. The standard InChI is InChI=1S/C30H22F3N7O4/c31-30(32,33)20-7-3-6-19(14-20)28(25(34)43,26(44)38-27-35-10-11-36-27)29(23-13-16-4-1-2-5-18(16)15-37-23)39-21-9-8-17(24(41)42)12-22(21)40-29/h1-15,39-40H,(H2,34,43)(H,41,42)(H2,35,36,38,44). The summed E-state index contributed by atoms with van der Waals surface area (Å²) >= 11 is 0. The molecule has 0 spiro atoms. The van der Waals surface area contributed by atoms with Crippen molar-refractivity contribution >= 4 is 45.9 Å². The number of carboxylic acids is 1. The second-order valence-electron chi connectivity index (χ2n) is 10.1. The summed E-state index contributed by atoms with van der Waals surface area (Å²) in [7, 11) is 0. The molecule has 0 fully saturated rings. The number of halogens is 3. The van der Waals surface area contributed by atoms with Crippen LogP contribution in [0.3, 0.4) is 0 Å². The molecule has 44 heavy (non-hydrogen) atoms. The van der Waals surface area contributed by atoms with E-state index in [1.165, 1.54) is 42.9 Å². The second-order valence-corrected chi connectivity index (χ2v) is 10.1. The Morgan fingerprint density at radius 1 is 0.864 bits per heavy atom. The van der Waals surface area contributed by atoms with Crippen LogP contribution in [0.15, 0.2) is 91.4 Å². The number of nitrogens with one attached hydrogen (secondary N) is 4. The van der Waals surface area contributed by atoms with Crippen LogP contribution < -0.4 is 21.7 Å². The number of carbonyl (C=O) groups excluding carboxylic acids is 2. The molecular formula is C30H22F3N7O4. The monoisotopic (exact) mass is 601 g/mol. The molecule has 0 aliphatic carbocycles. The highest BCUT2D eigenvalue weighted by atomic mass is 19.4. The van der Waals surface area contributed by atoms with Crippen molar-refractivity contribution in [1.29, 1.82) is 0 Å². The number of rotatable bonds is 7. The second kappa shape index (κ2) is 10.1. The number of carboxylic acid groups (broad SMARTS) is 1. The van der Waals surface area contributed by atoms with Crippen LogP contribution in [0.4, 0.5) is 30.5 Å². The normalized spacial score (nSPS) is 17.2. The summed E-state index contributed by atoms with van der Waals surface area (Å²) < 4.78 is 42.1. The molecule has 5 aromatic rings. The lowest BCUT2D eigenvalue weighted by Gasteiger charge is -2.45. The van der Waals surface area contributed by atoms with E-state index < -0.39 is 46.2 Å². The van der Waals surface area contributed by atoms with E-state index in [0.29, 0.717) is 16.8 Å². The summed E-state index contributed by atoms with van der Waals surface area (Å²) in [6, 6.07) is 16.3. The van der Waals surface area contributed by atoms with E-state index in [2.05, 4.69) is 30.9 Å². The lowest BCUT2D eigenvalue weighted by Crippen LogP contribution is -2.68. The minimum atomic E-state index is -4.85. The van der Waals surface area contributed by atoms with Gasteiger partial charge in [0, 0.05) is 24.0 Å². The molecule has 7 N–H and O–H groups in total. The Balaban J connectivity index is 1.70. The van der Waals surface area contributed by atoms with E-state index in [-0.39, 0.29) is 28.6 Å². The van der Waals surface area contributed by atoms with Gasteiger partial charge in [-0.1, -0.05) is 42.5 Å². The lowest BCUT2D eigenvalue weighted by molar-refractivity contribution is -0.139. The van der Waals surface area contributed by atoms with Crippen LogP contribution in [0.2, 0.25) is 0 Å². The quantitative estimate of drug-likeness (QED) is 0.149. The van der Waals surface area contributed by atoms with E-state index >= 15 is 0 Å². The fourth-order valence-electron chi connectivity index (χ4n) is 5.54. The summed E-state index contributed by atoms with van der Waals surface area (Å²) in [5.41, 5.74) is -0.171. The van der Waals surface area contributed by atoms with Gasteiger partial charge >= 0.3 is 12.1 Å². The Bertz CT molecular complexity index is 1950. The van der Waals surface area contributed by atoms with E-state index in [9.17, 15) is 32.7 Å². The van der Waals surface area contributed by atoms with Crippen LogP contribution in [0.25, 0.3) is 10.8 Å². The van der Waals surface area contributed by atoms with Gasteiger partial charge in [0.2, 0.25) is 11.9 Å². The number of benzene rings is 3. The topological polar surface area (TPSA) is 175 Å². The minimum Gasteiger partial charge on any atom is -0.478 e. The predicted molar refractivity (Wildman–Crippen MR) is 154 cm³/mol. The van der Waals surface area contributed by atoms with E-state index in [0.717, 1.165) is 12.1 Å². The van der Waals surface area contributed by atoms with Gasteiger partial charge in [0.1, 0.15) is 0 Å². The first-order chi connectivity index (χ1) is 21.0. The Morgan fingerprint density at radius 2 is 1.59 bits per heavy atom. The van der Waals surface area contributed by atoms with Crippen molar-refractivity contribution in [3.8, 4) is 0 Å². The average Bonchev–Trinajstić information content (AvgIpc) is 3.65. The number of anilines is 3. The number of nitrogens with zero attached hydrogens (tertiary/aromatic N) is 2. The number of hydrogen-bond acceptors (Lipinski definition) is 7. The van der Waals surface area contributed by atoms with Crippen molar-refractivity contribution in [3.05, 3.63) is 114 Å². The fourth-order valence-corrected chi connectivity index (χ4v) is 5.54. The molecule has 0 bridgehead atoms. The zero-order valence-electron chi connectivity index (χ0n) is 22.4. The lowest BCUT2D eigenvalue weighted by atomic mass is 9.66. The van der Waals surface area contributed by atoms with E-state index in [1.54, 1.807) is 30.3 Å². The van der Waals surface area contributed by atoms with Crippen LogP contribution in [0.5, 0.6) is 0 Å². The number of nitrogens with two attached hydrogens (primary N) is 1.